The van der Waals surface area contributed by atoms with Crippen LogP contribution in [0.25, 0.3) is 11.1 Å². The molecule has 4 aromatic carbocycles. The molecule has 0 heterocycles. The Balaban J connectivity index is 1.93. The van der Waals surface area contributed by atoms with Gasteiger partial charge in [0.25, 0.3) is 0 Å². The van der Waals surface area contributed by atoms with Crippen LogP contribution < -0.4 is 18.9 Å². The molecule has 0 aliphatic carbocycles. The number of hydrogen-bond acceptors (Lipinski definition) is 10. The highest BCUT2D eigenvalue weighted by Crippen LogP contribution is 2.41. The van der Waals surface area contributed by atoms with Crippen LogP contribution in [0.3, 0.4) is 0 Å². The number of methoxy groups -OCH3 is 4. The van der Waals surface area contributed by atoms with Gasteiger partial charge < -0.3 is 29.2 Å². The average Bonchev–Trinajstić information content (AvgIpc) is 3.03. The summed E-state index contributed by atoms with van der Waals surface area (Å²) in [5.41, 5.74) is -0.697. The molecule has 0 unspecified atom stereocenters. The lowest BCUT2D eigenvalue weighted by molar-refractivity contribution is 0.0816. The van der Waals surface area contributed by atoms with Crippen LogP contribution in [0.1, 0.15) is 41.4 Å². The molecular formula is C32H26O10. The van der Waals surface area contributed by atoms with E-state index in [1.807, 2.05) is 0 Å². The standard InChI is InChI=1S/C32H26O10/c1-39-19-9-5-7-17(11-19)29(35)31(37)23-15-27(41-3)25(33)13-21(23)22-14-26(34)28(42-4)16-24(22)32(38)30(36)18-8-6-10-20(12-18)40-2/h5-16,33-34H,1-4H3. The normalized spacial score (nSPS) is 10.5. The number of carbonyl (C=O) groups is 4. The number of phenolic OH excluding ortho intramolecular Hbond substituents is 2. The fraction of sp³-hybridized carbons (Fsp3) is 0.125. The highest BCUT2D eigenvalue weighted by molar-refractivity contribution is 6.52. The monoisotopic (exact) mass is 570 g/mol. The molecule has 10 heteroatoms. The van der Waals surface area contributed by atoms with Crippen molar-refractivity contribution in [3.05, 3.63) is 95.1 Å². The number of ether oxygens (including phenoxy) is 4. The van der Waals surface area contributed by atoms with Gasteiger partial charge in [0.05, 0.1) is 28.4 Å². The first-order valence-electron chi connectivity index (χ1n) is 12.4. The number of rotatable bonds is 11. The van der Waals surface area contributed by atoms with E-state index in [-0.39, 0.29) is 44.9 Å². The Kier molecular flexibility index (Phi) is 8.56. The van der Waals surface area contributed by atoms with E-state index >= 15 is 0 Å². The van der Waals surface area contributed by atoms with Gasteiger partial charge >= 0.3 is 0 Å². The second-order valence-electron chi connectivity index (χ2n) is 8.92. The Labute approximate surface area is 240 Å². The van der Waals surface area contributed by atoms with E-state index in [1.165, 1.54) is 52.7 Å². The van der Waals surface area contributed by atoms with Crippen LogP contribution in [0.5, 0.6) is 34.5 Å². The van der Waals surface area contributed by atoms with Crippen LogP contribution in [0.4, 0.5) is 0 Å². The van der Waals surface area contributed by atoms with Crippen molar-refractivity contribution in [2.45, 2.75) is 0 Å². The van der Waals surface area contributed by atoms with Crippen molar-refractivity contribution >= 4 is 23.1 Å². The molecular weight excluding hydrogens is 544 g/mol. The highest BCUT2D eigenvalue weighted by atomic mass is 16.5. The predicted octanol–water partition coefficient (Wildman–Crippen LogP) is 4.93. The quantitative estimate of drug-likeness (QED) is 0.188. The van der Waals surface area contributed by atoms with Crippen LogP contribution in [0, 0.1) is 0 Å². The van der Waals surface area contributed by atoms with E-state index in [4.69, 9.17) is 18.9 Å². The minimum Gasteiger partial charge on any atom is -0.504 e. The molecule has 0 radical (unpaired) electrons. The SMILES string of the molecule is COc1cccc(C(=O)C(=O)c2cc(OC)c(O)cc2-c2cc(O)c(OC)cc2C(=O)C(=O)c2cccc(OC)c2)c1. The van der Waals surface area contributed by atoms with E-state index in [9.17, 15) is 29.4 Å². The van der Waals surface area contributed by atoms with Crippen LogP contribution >= 0.6 is 0 Å². The summed E-state index contributed by atoms with van der Waals surface area (Å²) in [5.74, 6) is -4.26. The number of ketones is 4. The second-order valence-corrected chi connectivity index (χ2v) is 8.92. The van der Waals surface area contributed by atoms with Crippen molar-refractivity contribution in [3.8, 4) is 45.6 Å². The number of carbonyl (C=O) groups excluding carboxylic acids is 4. The number of Topliss-reactive ketones (excluding diaryl/α,β-unsaturated/α-hetero) is 4. The zero-order chi connectivity index (χ0) is 30.6. The summed E-state index contributed by atoms with van der Waals surface area (Å²) in [6.07, 6.45) is 0. The minimum absolute atomic E-state index is 0.0272. The van der Waals surface area contributed by atoms with Crippen molar-refractivity contribution in [3.63, 3.8) is 0 Å². The van der Waals surface area contributed by atoms with Crippen LogP contribution in [0.2, 0.25) is 0 Å². The number of hydrogen-bond donors (Lipinski definition) is 2. The Morgan fingerprint density at radius 1 is 0.500 bits per heavy atom. The maximum absolute atomic E-state index is 13.7. The molecule has 0 aliphatic heterocycles. The van der Waals surface area contributed by atoms with E-state index in [1.54, 1.807) is 24.3 Å². The second kappa shape index (κ2) is 12.3. The molecule has 0 fully saturated rings. The molecule has 0 bridgehead atoms. The smallest absolute Gasteiger partial charge is 0.234 e. The minimum atomic E-state index is -1.01. The van der Waals surface area contributed by atoms with Gasteiger partial charge in [-0.2, -0.15) is 0 Å². The fourth-order valence-electron chi connectivity index (χ4n) is 4.32. The van der Waals surface area contributed by atoms with Crippen molar-refractivity contribution < 1.29 is 48.3 Å². The van der Waals surface area contributed by atoms with Gasteiger partial charge in [0.2, 0.25) is 23.1 Å². The summed E-state index contributed by atoms with van der Waals surface area (Å²) in [6, 6.07) is 16.4. The van der Waals surface area contributed by atoms with Crippen molar-refractivity contribution in [2.24, 2.45) is 0 Å². The molecule has 214 valence electrons. The van der Waals surface area contributed by atoms with Crippen LogP contribution in [0.15, 0.2) is 72.8 Å². The van der Waals surface area contributed by atoms with Gasteiger partial charge in [-0.25, -0.2) is 0 Å². The lowest BCUT2D eigenvalue weighted by Crippen LogP contribution is -2.18. The Morgan fingerprint density at radius 2 is 0.881 bits per heavy atom. The Hall–Kier alpha value is -5.64. The zero-order valence-electron chi connectivity index (χ0n) is 23.1. The largest absolute Gasteiger partial charge is 0.504 e. The van der Waals surface area contributed by atoms with Crippen LogP contribution in [-0.2, 0) is 0 Å². The van der Waals surface area contributed by atoms with Gasteiger partial charge in [-0.05, 0) is 59.7 Å². The van der Waals surface area contributed by atoms with Gasteiger partial charge in [0, 0.05) is 22.3 Å². The maximum Gasteiger partial charge on any atom is 0.234 e. The molecule has 2 N–H and O–H groups in total. The number of benzene rings is 4. The number of phenols is 2. The lowest BCUT2D eigenvalue weighted by Gasteiger charge is -2.17. The van der Waals surface area contributed by atoms with E-state index < -0.39 is 34.6 Å². The molecule has 0 saturated carbocycles. The molecule has 42 heavy (non-hydrogen) atoms. The topological polar surface area (TPSA) is 146 Å². The summed E-state index contributed by atoms with van der Waals surface area (Å²) in [4.78, 5) is 53.9. The fourth-order valence-corrected chi connectivity index (χ4v) is 4.32. The van der Waals surface area contributed by atoms with Gasteiger partial charge in [0.1, 0.15) is 11.5 Å². The van der Waals surface area contributed by atoms with E-state index in [0.717, 1.165) is 24.3 Å². The van der Waals surface area contributed by atoms with E-state index in [0.29, 0.717) is 11.5 Å². The summed E-state index contributed by atoms with van der Waals surface area (Å²) in [6.45, 7) is 0. The van der Waals surface area contributed by atoms with Gasteiger partial charge in [-0.3, -0.25) is 19.2 Å². The first kappa shape index (κ1) is 29.3. The molecule has 0 atom stereocenters. The Morgan fingerprint density at radius 3 is 1.21 bits per heavy atom. The lowest BCUT2D eigenvalue weighted by atomic mass is 9.87. The summed E-state index contributed by atoms with van der Waals surface area (Å²) < 4.78 is 20.6. The summed E-state index contributed by atoms with van der Waals surface area (Å²) in [7, 11) is 5.34. The first-order chi connectivity index (χ1) is 20.1. The maximum atomic E-state index is 13.7. The average molecular weight is 571 g/mol. The predicted molar refractivity (Wildman–Crippen MR) is 152 cm³/mol. The Bertz CT molecular complexity index is 1590. The zero-order valence-corrected chi connectivity index (χ0v) is 23.1. The molecule has 0 spiro atoms. The third kappa shape index (κ3) is 5.64. The first-order valence-corrected chi connectivity index (χ1v) is 12.4. The van der Waals surface area contributed by atoms with Gasteiger partial charge in [-0.15, -0.1) is 0 Å². The van der Waals surface area contributed by atoms with Crippen LogP contribution in [-0.4, -0.2) is 61.8 Å². The van der Waals surface area contributed by atoms with Gasteiger partial charge in [0.15, 0.2) is 23.0 Å². The third-order valence-corrected chi connectivity index (χ3v) is 6.49. The summed E-state index contributed by atoms with van der Waals surface area (Å²) in [5, 5.41) is 21.3. The van der Waals surface area contributed by atoms with Crippen molar-refractivity contribution in [1.82, 2.24) is 0 Å². The van der Waals surface area contributed by atoms with Gasteiger partial charge in [-0.1, -0.05) is 24.3 Å². The molecule has 4 aromatic rings. The van der Waals surface area contributed by atoms with Crippen molar-refractivity contribution in [1.29, 1.82) is 0 Å². The molecule has 10 nitrogen and oxygen atoms in total. The molecule has 0 aromatic heterocycles. The molecule has 0 amide bonds. The third-order valence-electron chi connectivity index (χ3n) is 6.49. The summed E-state index contributed by atoms with van der Waals surface area (Å²) >= 11 is 0. The van der Waals surface area contributed by atoms with E-state index in [2.05, 4.69) is 0 Å². The molecule has 0 saturated heterocycles. The highest BCUT2D eigenvalue weighted by Gasteiger charge is 2.29. The molecule has 0 aliphatic rings. The molecule has 4 rings (SSSR count). The number of aromatic hydroxyl groups is 2. The van der Waals surface area contributed by atoms with Crippen molar-refractivity contribution in [2.75, 3.05) is 28.4 Å².